The molecule has 7 rings (SSSR count). The minimum absolute atomic E-state index is 0.0793. The minimum Gasteiger partial charge on any atom is -0.465 e. The quantitative estimate of drug-likeness (QED) is 0.293. The third kappa shape index (κ3) is 5.65. The van der Waals surface area contributed by atoms with Gasteiger partial charge < -0.3 is 15.0 Å². The summed E-state index contributed by atoms with van der Waals surface area (Å²) in [7, 11) is -1.47. The molecule has 5 fully saturated rings. The Balaban J connectivity index is 1.16. The van der Waals surface area contributed by atoms with Crippen molar-refractivity contribution in [2.45, 2.75) is 105 Å². The first-order valence-corrected chi connectivity index (χ1v) is 21.9. The van der Waals surface area contributed by atoms with Gasteiger partial charge in [-0.15, -0.1) is 0 Å². The van der Waals surface area contributed by atoms with Gasteiger partial charge in [-0.05, 0) is 132 Å². The third-order valence-corrected chi connectivity index (χ3v) is 18.4. The Morgan fingerprint density at radius 2 is 1.59 bits per heavy atom. The highest BCUT2D eigenvalue weighted by Crippen LogP contribution is 2.76. The van der Waals surface area contributed by atoms with Crippen molar-refractivity contribution >= 4 is 27.2 Å². The molecule has 0 unspecified atom stereocenters. The van der Waals surface area contributed by atoms with E-state index in [0.29, 0.717) is 54.0 Å². The molecule has 5 aliphatic carbocycles. The lowest BCUT2D eigenvalue weighted by molar-refractivity contribution is -0.218. The number of benzene rings is 1. The van der Waals surface area contributed by atoms with E-state index in [1.807, 2.05) is 30.3 Å². The van der Waals surface area contributed by atoms with E-state index in [9.17, 15) is 18.0 Å². The second kappa shape index (κ2) is 12.8. The summed E-state index contributed by atoms with van der Waals surface area (Å²) in [6.45, 7) is 20.3. The van der Waals surface area contributed by atoms with Crippen LogP contribution in [0.15, 0.2) is 30.3 Å². The maximum Gasteiger partial charge on any atom is 0.337 e. The molecule has 1 aromatic rings. The molecule has 6 aliphatic rings. The molecule has 1 N–H and O–H groups in total. The number of carbonyl (C=O) groups excluding carboxylic acids is 2. The molecule has 1 aromatic carbocycles. The highest BCUT2D eigenvalue weighted by molar-refractivity contribution is 7.91. The SMILES string of the molecule is COC(=O)c1ccc(C2=CC(=O)[C@]3(C)[C@H]4CC[C@@H]5[C@H]6[C@H](C(C)C)CC[C@]6(NCCN6CCS(=O)(=O)CC6)CC[C@@]5(C)[C@]4(C)CC[C@H]3C2(C)C)cc1. The van der Waals surface area contributed by atoms with Crippen LogP contribution in [-0.4, -0.2) is 75.4 Å². The Kier molecular flexibility index (Phi) is 9.35. The van der Waals surface area contributed by atoms with Crippen LogP contribution in [0, 0.1) is 57.2 Å². The second-order valence-corrected chi connectivity index (χ2v) is 21.5. The summed E-state index contributed by atoms with van der Waals surface area (Å²) < 4.78 is 29.0. The van der Waals surface area contributed by atoms with Crippen molar-refractivity contribution in [1.82, 2.24) is 10.2 Å². The van der Waals surface area contributed by atoms with Gasteiger partial charge in [-0.1, -0.05) is 60.6 Å². The first kappa shape index (κ1) is 37.3. The first-order valence-electron chi connectivity index (χ1n) is 20.1. The molecular formula is C43H64N2O5S. The number of esters is 1. The zero-order valence-electron chi connectivity index (χ0n) is 32.6. The van der Waals surface area contributed by atoms with Gasteiger partial charge in [-0.25, -0.2) is 13.2 Å². The van der Waals surface area contributed by atoms with Gasteiger partial charge in [-0.2, -0.15) is 0 Å². The molecule has 0 spiro atoms. The number of fused-ring (bicyclic) bond motifs is 7. The Labute approximate surface area is 308 Å². The molecule has 0 amide bonds. The summed E-state index contributed by atoms with van der Waals surface area (Å²) in [4.78, 5) is 29.2. The maximum absolute atomic E-state index is 14.8. The highest BCUT2D eigenvalue weighted by atomic mass is 32.2. The van der Waals surface area contributed by atoms with Crippen LogP contribution in [0.5, 0.6) is 0 Å². The molecule has 4 saturated carbocycles. The zero-order valence-corrected chi connectivity index (χ0v) is 33.5. The summed E-state index contributed by atoms with van der Waals surface area (Å²) in [5, 5.41) is 4.21. The minimum atomic E-state index is -2.87. The molecule has 0 aromatic heterocycles. The zero-order chi connectivity index (χ0) is 36.8. The molecule has 282 valence electrons. The molecule has 1 heterocycles. The Hall–Kier alpha value is -2.03. The van der Waals surface area contributed by atoms with E-state index in [1.54, 1.807) is 0 Å². The molecule has 0 bridgehead atoms. The van der Waals surface area contributed by atoms with Gasteiger partial charge >= 0.3 is 5.97 Å². The fraction of sp³-hybridized carbons (Fsp3) is 0.767. The van der Waals surface area contributed by atoms with Crippen LogP contribution in [0.4, 0.5) is 0 Å². The van der Waals surface area contributed by atoms with Crippen molar-refractivity contribution in [2.24, 2.45) is 57.2 Å². The monoisotopic (exact) mass is 720 g/mol. The molecule has 8 heteroatoms. The van der Waals surface area contributed by atoms with Crippen molar-refractivity contribution in [3.8, 4) is 0 Å². The first-order chi connectivity index (χ1) is 23.9. The molecule has 1 aliphatic heterocycles. The van der Waals surface area contributed by atoms with Crippen LogP contribution < -0.4 is 5.32 Å². The lowest BCUT2D eigenvalue weighted by Gasteiger charge is -2.72. The standard InChI is InChI=1S/C43H64N2O5S/c1-28(2)31-15-18-43(44-21-22-45-23-25-51(48,49)26-24-45)20-19-40(5)32(37(31)43)13-14-35-41(40,6)17-16-34-39(3,4)33(27-36(46)42(34,35)7)29-9-11-30(12-10-29)38(47)50-8/h9-12,27-28,31-32,34-35,37,44H,13-26H2,1-8H3/t31-,32+,34-,35-,37+,40+,41+,42-,43-/m0/s1. The average molecular weight is 721 g/mol. The largest absolute Gasteiger partial charge is 0.465 e. The summed E-state index contributed by atoms with van der Waals surface area (Å²) >= 11 is 0. The van der Waals surface area contributed by atoms with Crippen LogP contribution in [0.2, 0.25) is 0 Å². The van der Waals surface area contributed by atoms with Gasteiger partial charge in [0.25, 0.3) is 0 Å². The summed E-state index contributed by atoms with van der Waals surface area (Å²) in [6, 6.07) is 7.62. The number of hydrogen-bond donors (Lipinski definition) is 1. The van der Waals surface area contributed by atoms with Gasteiger partial charge in [0.15, 0.2) is 15.6 Å². The fourth-order valence-corrected chi connectivity index (χ4v) is 15.1. The molecule has 51 heavy (non-hydrogen) atoms. The van der Waals surface area contributed by atoms with E-state index < -0.39 is 15.3 Å². The van der Waals surface area contributed by atoms with Gasteiger partial charge in [0.1, 0.15) is 0 Å². The lowest BCUT2D eigenvalue weighted by atomic mass is 9.32. The normalized spacial score (nSPS) is 41.5. The number of nitrogens with one attached hydrogen (secondary N) is 1. The van der Waals surface area contributed by atoms with Gasteiger partial charge in [0.05, 0.1) is 24.2 Å². The van der Waals surface area contributed by atoms with Crippen LogP contribution in [0.25, 0.3) is 5.57 Å². The van der Waals surface area contributed by atoms with E-state index in [2.05, 4.69) is 58.7 Å². The topological polar surface area (TPSA) is 92.8 Å². The number of ketones is 1. The summed E-state index contributed by atoms with van der Waals surface area (Å²) in [6.07, 6.45) is 11.4. The second-order valence-electron chi connectivity index (χ2n) is 19.2. The number of nitrogens with zero attached hydrogens (tertiary/aromatic N) is 1. The van der Waals surface area contributed by atoms with E-state index in [4.69, 9.17) is 4.74 Å². The number of methoxy groups -OCH3 is 1. The molecule has 9 atom stereocenters. The van der Waals surface area contributed by atoms with E-state index in [1.165, 1.54) is 39.2 Å². The molecule has 7 nitrogen and oxygen atoms in total. The van der Waals surface area contributed by atoms with E-state index in [0.717, 1.165) is 43.5 Å². The number of carbonyl (C=O) groups is 2. The number of sulfone groups is 1. The van der Waals surface area contributed by atoms with Crippen LogP contribution in [0.1, 0.15) is 116 Å². The Bertz CT molecular complexity index is 1670. The molecular weight excluding hydrogens is 657 g/mol. The van der Waals surface area contributed by atoms with Crippen LogP contribution >= 0.6 is 0 Å². The average Bonchev–Trinajstić information content (AvgIpc) is 3.47. The van der Waals surface area contributed by atoms with E-state index in [-0.39, 0.29) is 45.2 Å². The maximum atomic E-state index is 14.8. The van der Waals surface area contributed by atoms with Crippen molar-refractivity contribution in [2.75, 3.05) is 44.8 Å². The summed E-state index contributed by atoms with van der Waals surface area (Å²) in [5.41, 5.74) is 2.43. The van der Waals surface area contributed by atoms with Gasteiger partial charge in [0, 0.05) is 37.1 Å². The number of hydrogen-bond acceptors (Lipinski definition) is 7. The van der Waals surface area contributed by atoms with Crippen molar-refractivity contribution in [3.63, 3.8) is 0 Å². The Morgan fingerprint density at radius 3 is 2.24 bits per heavy atom. The van der Waals surface area contributed by atoms with Crippen molar-refractivity contribution < 1.29 is 22.7 Å². The van der Waals surface area contributed by atoms with Crippen molar-refractivity contribution in [1.29, 1.82) is 0 Å². The predicted molar refractivity (Wildman–Crippen MR) is 204 cm³/mol. The number of allylic oxidation sites excluding steroid dienone is 2. The Morgan fingerprint density at radius 1 is 0.902 bits per heavy atom. The van der Waals surface area contributed by atoms with Crippen LogP contribution in [0.3, 0.4) is 0 Å². The lowest BCUT2D eigenvalue weighted by Crippen LogP contribution is -2.69. The third-order valence-electron chi connectivity index (χ3n) is 16.8. The van der Waals surface area contributed by atoms with Crippen LogP contribution in [-0.2, 0) is 19.4 Å². The smallest absolute Gasteiger partial charge is 0.337 e. The summed E-state index contributed by atoms with van der Waals surface area (Å²) in [5.74, 6) is 3.71. The fourth-order valence-electron chi connectivity index (χ4n) is 13.9. The number of rotatable bonds is 7. The predicted octanol–water partition coefficient (Wildman–Crippen LogP) is 7.46. The van der Waals surface area contributed by atoms with E-state index >= 15 is 0 Å². The van der Waals surface area contributed by atoms with Crippen molar-refractivity contribution in [3.05, 3.63) is 41.5 Å². The van der Waals surface area contributed by atoms with Gasteiger partial charge in [0.2, 0.25) is 0 Å². The molecule has 1 saturated heterocycles. The highest BCUT2D eigenvalue weighted by Gasteiger charge is 2.72. The number of ether oxygens (including phenoxy) is 1. The van der Waals surface area contributed by atoms with Gasteiger partial charge in [-0.3, -0.25) is 4.79 Å². The molecule has 0 radical (unpaired) electrons.